The summed E-state index contributed by atoms with van der Waals surface area (Å²) in [6, 6.07) is 7.25. The Bertz CT molecular complexity index is 635. The van der Waals surface area contributed by atoms with Crippen molar-refractivity contribution >= 4 is 5.97 Å². The fourth-order valence-corrected chi connectivity index (χ4v) is 2.13. The molecule has 2 rings (SSSR count). The van der Waals surface area contributed by atoms with E-state index in [1.54, 1.807) is 11.8 Å². The zero-order valence-electron chi connectivity index (χ0n) is 12.8. The molecule has 0 spiro atoms. The minimum absolute atomic E-state index is 0.000512. The number of benzene rings is 1. The van der Waals surface area contributed by atoms with Gasteiger partial charge in [0, 0.05) is 0 Å². The summed E-state index contributed by atoms with van der Waals surface area (Å²) in [7, 11) is 1.61. The van der Waals surface area contributed by atoms with Gasteiger partial charge in [-0.1, -0.05) is 19.1 Å². The molecule has 22 heavy (non-hydrogen) atoms. The third-order valence-electron chi connectivity index (χ3n) is 3.15. The van der Waals surface area contributed by atoms with Crippen molar-refractivity contribution in [2.45, 2.75) is 26.3 Å². The topological polar surface area (TPSA) is 86.5 Å². The molecule has 1 aromatic carbocycles. The average molecular weight is 305 g/mol. The van der Waals surface area contributed by atoms with Gasteiger partial charge in [0.25, 0.3) is 0 Å². The van der Waals surface area contributed by atoms with Crippen LogP contribution < -0.4 is 9.47 Å². The Hall–Kier alpha value is -2.57. The largest absolute Gasteiger partial charge is 0.497 e. The molecule has 1 aromatic heterocycles. The number of hydrogen-bond donors (Lipinski definition) is 1. The lowest BCUT2D eigenvalue weighted by Gasteiger charge is -2.11. The summed E-state index contributed by atoms with van der Waals surface area (Å²) in [5, 5.41) is 16.8. The average Bonchev–Trinajstić information content (AvgIpc) is 2.92. The van der Waals surface area contributed by atoms with Crippen LogP contribution in [0.3, 0.4) is 0 Å². The van der Waals surface area contributed by atoms with Crippen LogP contribution in [0, 0.1) is 0 Å². The molecule has 1 heterocycles. The Kier molecular flexibility index (Phi) is 4.98. The third kappa shape index (κ3) is 3.55. The van der Waals surface area contributed by atoms with Crippen molar-refractivity contribution in [2.75, 3.05) is 13.7 Å². The Morgan fingerprint density at radius 2 is 1.91 bits per heavy atom. The van der Waals surface area contributed by atoms with Crippen LogP contribution in [-0.4, -0.2) is 39.8 Å². The van der Waals surface area contributed by atoms with Crippen LogP contribution >= 0.6 is 0 Å². The number of nitrogens with zero attached hydrogens (tertiary/aromatic N) is 3. The molecule has 0 unspecified atom stereocenters. The van der Waals surface area contributed by atoms with Crippen molar-refractivity contribution in [1.82, 2.24) is 15.0 Å². The summed E-state index contributed by atoms with van der Waals surface area (Å²) in [5.74, 6) is 0.426. The maximum Gasteiger partial charge on any atom is 0.358 e. The van der Waals surface area contributed by atoms with Gasteiger partial charge in [0.15, 0.2) is 5.69 Å². The van der Waals surface area contributed by atoms with Crippen LogP contribution in [0.2, 0.25) is 0 Å². The van der Waals surface area contributed by atoms with Crippen LogP contribution in [0.1, 0.15) is 35.9 Å². The van der Waals surface area contributed by atoms with Crippen LogP contribution in [0.5, 0.6) is 11.5 Å². The van der Waals surface area contributed by atoms with Crippen LogP contribution in [0.4, 0.5) is 0 Å². The number of carboxylic acid groups (broad SMARTS) is 1. The zero-order chi connectivity index (χ0) is 16.1. The Balaban J connectivity index is 2.00. The van der Waals surface area contributed by atoms with Gasteiger partial charge in [-0.3, -0.25) is 0 Å². The number of rotatable bonds is 7. The fourth-order valence-electron chi connectivity index (χ4n) is 2.13. The van der Waals surface area contributed by atoms with E-state index in [1.807, 2.05) is 38.1 Å². The van der Waals surface area contributed by atoms with Gasteiger partial charge in [-0.25, -0.2) is 9.48 Å². The SMILES string of the molecule is COc1ccc(OCCn2nnc(C(=O)O)c2C(C)C)cc1. The molecule has 7 heteroatoms. The molecule has 0 atom stereocenters. The van der Waals surface area contributed by atoms with E-state index in [1.165, 1.54) is 0 Å². The van der Waals surface area contributed by atoms with Gasteiger partial charge in [0.05, 0.1) is 19.3 Å². The van der Waals surface area contributed by atoms with Gasteiger partial charge < -0.3 is 14.6 Å². The standard InChI is InChI=1S/C15H19N3O4/c1-10(2)14-13(15(19)20)16-17-18(14)8-9-22-12-6-4-11(21-3)5-7-12/h4-7,10H,8-9H2,1-3H3,(H,19,20). The number of hydrogen-bond acceptors (Lipinski definition) is 5. The number of carbonyl (C=O) groups is 1. The number of methoxy groups -OCH3 is 1. The molecule has 0 aliphatic carbocycles. The van der Waals surface area contributed by atoms with Crippen molar-refractivity contribution in [2.24, 2.45) is 0 Å². The van der Waals surface area contributed by atoms with Gasteiger partial charge in [0.2, 0.25) is 0 Å². The van der Waals surface area contributed by atoms with Crippen LogP contribution in [-0.2, 0) is 6.54 Å². The first-order valence-corrected chi connectivity index (χ1v) is 6.96. The first kappa shape index (κ1) is 15.8. The molecule has 118 valence electrons. The summed E-state index contributed by atoms with van der Waals surface area (Å²) in [4.78, 5) is 11.1. The van der Waals surface area contributed by atoms with Gasteiger partial charge in [-0.05, 0) is 30.2 Å². The van der Waals surface area contributed by atoms with E-state index >= 15 is 0 Å². The zero-order valence-corrected chi connectivity index (χ0v) is 12.8. The monoisotopic (exact) mass is 305 g/mol. The smallest absolute Gasteiger partial charge is 0.358 e. The third-order valence-corrected chi connectivity index (χ3v) is 3.15. The van der Waals surface area contributed by atoms with Crippen LogP contribution in [0.15, 0.2) is 24.3 Å². The molecule has 0 saturated carbocycles. The lowest BCUT2D eigenvalue weighted by atomic mass is 10.1. The molecule has 1 N–H and O–H groups in total. The molecule has 0 fully saturated rings. The molecular weight excluding hydrogens is 286 g/mol. The second-order valence-electron chi connectivity index (χ2n) is 5.03. The minimum Gasteiger partial charge on any atom is -0.497 e. The van der Waals surface area contributed by atoms with E-state index in [0.29, 0.717) is 24.6 Å². The first-order valence-electron chi connectivity index (χ1n) is 6.96. The first-order chi connectivity index (χ1) is 10.5. The number of aromatic nitrogens is 3. The number of aromatic carboxylic acids is 1. The minimum atomic E-state index is -1.06. The summed E-state index contributed by atoms with van der Waals surface area (Å²) < 4.78 is 12.3. The van der Waals surface area contributed by atoms with Gasteiger partial charge >= 0.3 is 5.97 Å². The molecular formula is C15H19N3O4. The Labute approximate surface area is 128 Å². The molecule has 0 aliphatic heterocycles. The lowest BCUT2D eigenvalue weighted by Crippen LogP contribution is -2.14. The second-order valence-corrected chi connectivity index (χ2v) is 5.03. The lowest BCUT2D eigenvalue weighted by molar-refractivity contribution is 0.0688. The predicted octanol–water partition coefficient (Wildman–Crippen LogP) is 2.19. The quantitative estimate of drug-likeness (QED) is 0.843. The highest BCUT2D eigenvalue weighted by Gasteiger charge is 2.21. The molecule has 0 aliphatic rings. The van der Waals surface area contributed by atoms with E-state index in [9.17, 15) is 4.79 Å². The molecule has 0 radical (unpaired) electrons. The Morgan fingerprint density at radius 1 is 1.27 bits per heavy atom. The second kappa shape index (κ2) is 6.93. The van der Waals surface area contributed by atoms with Crippen molar-refractivity contribution in [3.8, 4) is 11.5 Å². The van der Waals surface area contributed by atoms with Crippen molar-refractivity contribution < 1.29 is 19.4 Å². The number of carboxylic acids is 1. The summed E-state index contributed by atoms with van der Waals surface area (Å²) >= 11 is 0. The molecule has 0 amide bonds. The predicted molar refractivity (Wildman–Crippen MR) is 79.6 cm³/mol. The summed E-state index contributed by atoms with van der Waals surface area (Å²) in [6.07, 6.45) is 0. The highest BCUT2D eigenvalue weighted by molar-refractivity contribution is 5.86. The van der Waals surface area contributed by atoms with E-state index in [0.717, 1.165) is 5.75 Å². The fraction of sp³-hybridized carbons (Fsp3) is 0.400. The van der Waals surface area contributed by atoms with E-state index < -0.39 is 5.97 Å². The van der Waals surface area contributed by atoms with Crippen molar-refractivity contribution in [1.29, 1.82) is 0 Å². The summed E-state index contributed by atoms with van der Waals surface area (Å²) in [6.45, 7) is 4.62. The van der Waals surface area contributed by atoms with Gasteiger partial charge in [-0.2, -0.15) is 0 Å². The molecule has 7 nitrogen and oxygen atoms in total. The van der Waals surface area contributed by atoms with E-state index in [4.69, 9.17) is 14.6 Å². The molecule has 2 aromatic rings. The normalized spacial score (nSPS) is 10.7. The molecule has 0 bridgehead atoms. The summed E-state index contributed by atoms with van der Waals surface area (Å²) in [5.41, 5.74) is 0.602. The van der Waals surface area contributed by atoms with E-state index in [2.05, 4.69) is 10.3 Å². The maximum absolute atomic E-state index is 11.1. The van der Waals surface area contributed by atoms with Gasteiger partial charge in [-0.15, -0.1) is 5.10 Å². The Morgan fingerprint density at radius 3 is 2.45 bits per heavy atom. The maximum atomic E-state index is 11.1. The van der Waals surface area contributed by atoms with Gasteiger partial charge in [0.1, 0.15) is 18.1 Å². The van der Waals surface area contributed by atoms with E-state index in [-0.39, 0.29) is 11.6 Å². The number of ether oxygens (including phenoxy) is 2. The molecule has 0 saturated heterocycles. The van der Waals surface area contributed by atoms with Crippen LogP contribution in [0.25, 0.3) is 0 Å². The van der Waals surface area contributed by atoms with Crippen molar-refractivity contribution in [3.05, 3.63) is 35.7 Å². The van der Waals surface area contributed by atoms with Crippen molar-refractivity contribution in [3.63, 3.8) is 0 Å². The highest BCUT2D eigenvalue weighted by Crippen LogP contribution is 2.19. The highest BCUT2D eigenvalue weighted by atomic mass is 16.5.